The minimum absolute atomic E-state index is 0.102. The molecule has 30 heavy (non-hydrogen) atoms. The molecule has 0 bridgehead atoms. The molecule has 0 spiro atoms. The van der Waals surface area contributed by atoms with Crippen LogP contribution in [-0.4, -0.2) is 15.1 Å². The topological polar surface area (TPSA) is 69.8 Å². The number of aromatic hydroxyl groups is 1. The Hall–Kier alpha value is -3.19. The number of aromatic nitrogens is 2. The fourth-order valence-corrected chi connectivity index (χ4v) is 3.63. The number of hydrogen-bond acceptors (Lipinski definition) is 4. The molecule has 0 unspecified atom stereocenters. The average molecular weight is 400 g/mol. The van der Waals surface area contributed by atoms with Crippen LogP contribution in [0.15, 0.2) is 48.5 Å². The van der Waals surface area contributed by atoms with E-state index < -0.39 is 0 Å². The van der Waals surface area contributed by atoms with Crippen LogP contribution in [0.2, 0.25) is 0 Å². The fraction of sp³-hybridized carbons (Fsp3) is 0.346. The SMILES string of the molecule is CCCCc1nc(O)c(Cc2cccc(-c3ccccc3C#N)c2)c(CCCC)n1. The van der Waals surface area contributed by atoms with E-state index >= 15 is 0 Å². The lowest BCUT2D eigenvalue weighted by Crippen LogP contribution is -2.06. The van der Waals surface area contributed by atoms with Gasteiger partial charge in [0.1, 0.15) is 5.82 Å². The van der Waals surface area contributed by atoms with Crippen LogP contribution >= 0.6 is 0 Å². The highest BCUT2D eigenvalue weighted by molar-refractivity contribution is 5.71. The third-order valence-electron chi connectivity index (χ3n) is 5.30. The number of rotatable bonds is 9. The lowest BCUT2D eigenvalue weighted by atomic mass is 9.95. The maximum Gasteiger partial charge on any atom is 0.218 e. The zero-order valence-corrected chi connectivity index (χ0v) is 17.9. The van der Waals surface area contributed by atoms with Crippen molar-refractivity contribution >= 4 is 0 Å². The Morgan fingerprint density at radius 3 is 2.47 bits per heavy atom. The molecule has 0 aliphatic heterocycles. The molecule has 0 fully saturated rings. The van der Waals surface area contributed by atoms with Crippen LogP contribution < -0.4 is 0 Å². The van der Waals surface area contributed by atoms with E-state index in [2.05, 4.69) is 31.0 Å². The number of benzene rings is 2. The first kappa shape index (κ1) is 21.5. The molecule has 0 aliphatic carbocycles. The Kier molecular flexibility index (Phi) is 7.57. The highest BCUT2D eigenvalue weighted by atomic mass is 16.3. The molecule has 0 atom stereocenters. The zero-order valence-electron chi connectivity index (χ0n) is 17.9. The van der Waals surface area contributed by atoms with Crippen molar-refractivity contribution in [2.45, 2.75) is 58.8 Å². The smallest absolute Gasteiger partial charge is 0.218 e. The molecule has 154 valence electrons. The van der Waals surface area contributed by atoms with Crippen molar-refractivity contribution in [2.24, 2.45) is 0 Å². The second kappa shape index (κ2) is 10.5. The van der Waals surface area contributed by atoms with E-state index in [9.17, 15) is 10.4 Å². The first-order valence-electron chi connectivity index (χ1n) is 10.8. The van der Waals surface area contributed by atoms with Crippen LogP contribution in [0.25, 0.3) is 11.1 Å². The van der Waals surface area contributed by atoms with E-state index in [0.29, 0.717) is 12.0 Å². The molecule has 0 aliphatic rings. The largest absolute Gasteiger partial charge is 0.493 e. The quantitative estimate of drug-likeness (QED) is 0.479. The van der Waals surface area contributed by atoms with Crippen molar-refractivity contribution < 1.29 is 5.11 Å². The summed E-state index contributed by atoms with van der Waals surface area (Å²) in [5, 5.41) is 20.1. The van der Waals surface area contributed by atoms with Crippen LogP contribution in [0.4, 0.5) is 0 Å². The van der Waals surface area contributed by atoms with Crippen LogP contribution in [0, 0.1) is 11.3 Å². The van der Waals surface area contributed by atoms with Gasteiger partial charge in [0.2, 0.25) is 5.88 Å². The summed E-state index contributed by atoms with van der Waals surface area (Å²) in [6, 6.07) is 18.0. The van der Waals surface area contributed by atoms with Crippen molar-refractivity contribution in [2.75, 3.05) is 0 Å². The van der Waals surface area contributed by atoms with Crippen LogP contribution in [0.1, 0.15) is 67.7 Å². The molecule has 0 saturated carbocycles. The third kappa shape index (κ3) is 5.24. The summed E-state index contributed by atoms with van der Waals surface area (Å²) in [6.07, 6.45) is 6.42. The predicted molar refractivity (Wildman–Crippen MR) is 120 cm³/mol. The molecule has 4 nitrogen and oxygen atoms in total. The Morgan fingerprint density at radius 1 is 0.933 bits per heavy atom. The summed E-state index contributed by atoms with van der Waals surface area (Å²) in [5.41, 5.74) is 5.42. The molecule has 0 amide bonds. The van der Waals surface area contributed by atoms with Gasteiger partial charge in [0, 0.05) is 18.4 Å². The van der Waals surface area contributed by atoms with Crippen molar-refractivity contribution in [3.63, 3.8) is 0 Å². The molecular weight excluding hydrogens is 370 g/mol. The van der Waals surface area contributed by atoms with Crippen LogP contribution in [-0.2, 0) is 19.3 Å². The maximum atomic E-state index is 10.7. The second-order valence-corrected chi connectivity index (χ2v) is 7.63. The lowest BCUT2D eigenvalue weighted by molar-refractivity contribution is 0.439. The summed E-state index contributed by atoms with van der Waals surface area (Å²) in [5.74, 6) is 0.839. The highest BCUT2D eigenvalue weighted by Crippen LogP contribution is 2.28. The van der Waals surface area contributed by atoms with E-state index in [-0.39, 0.29) is 5.88 Å². The van der Waals surface area contributed by atoms with Gasteiger partial charge in [-0.25, -0.2) is 4.98 Å². The minimum atomic E-state index is 0.102. The Labute approximate surface area is 179 Å². The van der Waals surface area contributed by atoms with Crippen molar-refractivity contribution in [3.8, 4) is 23.1 Å². The summed E-state index contributed by atoms with van der Waals surface area (Å²) >= 11 is 0. The predicted octanol–water partition coefficient (Wildman–Crippen LogP) is 6.00. The molecule has 2 aromatic carbocycles. The molecule has 1 aromatic heterocycles. The van der Waals surface area contributed by atoms with Gasteiger partial charge >= 0.3 is 0 Å². The van der Waals surface area contributed by atoms with Gasteiger partial charge in [0.15, 0.2) is 0 Å². The number of nitriles is 1. The van der Waals surface area contributed by atoms with Gasteiger partial charge in [-0.05, 0) is 42.0 Å². The maximum absolute atomic E-state index is 10.7. The van der Waals surface area contributed by atoms with Crippen molar-refractivity contribution in [1.82, 2.24) is 9.97 Å². The highest BCUT2D eigenvalue weighted by Gasteiger charge is 2.15. The van der Waals surface area contributed by atoms with Gasteiger partial charge in [-0.3, -0.25) is 0 Å². The van der Waals surface area contributed by atoms with E-state index in [4.69, 9.17) is 4.98 Å². The molecule has 0 radical (unpaired) electrons. The van der Waals surface area contributed by atoms with Gasteiger partial charge in [0.25, 0.3) is 0 Å². The Bertz CT molecular complexity index is 1040. The minimum Gasteiger partial charge on any atom is -0.493 e. The summed E-state index contributed by atoms with van der Waals surface area (Å²) in [4.78, 5) is 9.18. The Morgan fingerprint density at radius 2 is 1.70 bits per heavy atom. The van der Waals surface area contributed by atoms with Crippen LogP contribution in [0.5, 0.6) is 5.88 Å². The molecule has 4 heteroatoms. The monoisotopic (exact) mass is 399 g/mol. The third-order valence-corrected chi connectivity index (χ3v) is 5.30. The van der Waals surface area contributed by atoms with Crippen LogP contribution in [0.3, 0.4) is 0 Å². The summed E-state index contributed by atoms with van der Waals surface area (Å²) in [7, 11) is 0. The first-order chi connectivity index (χ1) is 14.7. The number of unbranched alkanes of at least 4 members (excludes halogenated alkanes) is 2. The summed E-state index contributed by atoms with van der Waals surface area (Å²) < 4.78 is 0. The standard InChI is InChI=1S/C26H29N3O/c1-3-5-14-24-23(26(30)29-25(28-24)15-6-4-2)17-19-10-9-12-20(16-19)22-13-8-7-11-21(22)18-27/h7-13,16H,3-6,14-15,17H2,1-2H3,(H,28,29,30). The number of nitrogens with zero attached hydrogens (tertiary/aromatic N) is 3. The zero-order chi connectivity index (χ0) is 21.3. The summed E-state index contributed by atoms with van der Waals surface area (Å²) in [6.45, 7) is 4.30. The molecule has 0 saturated heterocycles. The van der Waals surface area contributed by atoms with Gasteiger partial charge in [-0.15, -0.1) is 0 Å². The van der Waals surface area contributed by atoms with Crippen molar-refractivity contribution in [3.05, 3.63) is 76.7 Å². The van der Waals surface area contributed by atoms with Crippen molar-refractivity contribution in [1.29, 1.82) is 5.26 Å². The average Bonchev–Trinajstić information content (AvgIpc) is 2.78. The van der Waals surface area contributed by atoms with Gasteiger partial charge in [-0.2, -0.15) is 10.2 Å². The normalized spacial score (nSPS) is 10.7. The molecule has 3 rings (SSSR count). The number of hydrogen-bond donors (Lipinski definition) is 1. The second-order valence-electron chi connectivity index (χ2n) is 7.63. The molecule has 1 N–H and O–H groups in total. The fourth-order valence-electron chi connectivity index (χ4n) is 3.63. The van der Waals surface area contributed by atoms with Gasteiger partial charge in [-0.1, -0.05) is 69.2 Å². The van der Waals surface area contributed by atoms with E-state index in [0.717, 1.165) is 72.3 Å². The number of aryl methyl sites for hydroxylation is 2. The van der Waals surface area contributed by atoms with Gasteiger partial charge < -0.3 is 5.11 Å². The first-order valence-corrected chi connectivity index (χ1v) is 10.8. The lowest BCUT2D eigenvalue weighted by Gasteiger charge is -2.13. The Balaban J connectivity index is 1.94. The molecular formula is C26H29N3O. The van der Waals surface area contributed by atoms with E-state index in [1.165, 1.54) is 0 Å². The molecule has 1 heterocycles. The van der Waals surface area contributed by atoms with Gasteiger partial charge in [0.05, 0.1) is 17.3 Å². The van der Waals surface area contributed by atoms with E-state index in [1.807, 2.05) is 42.5 Å². The molecule has 3 aromatic rings. The van der Waals surface area contributed by atoms with E-state index in [1.54, 1.807) is 0 Å².